The zero-order valence-corrected chi connectivity index (χ0v) is 17.1. The van der Waals surface area contributed by atoms with E-state index in [0.717, 1.165) is 23.1 Å². The number of carbonyl (C=O) groups excluding carboxylic acids is 1. The van der Waals surface area contributed by atoms with Crippen molar-refractivity contribution in [1.29, 1.82) is 0 Å². The van der Waals surface area contributed by atoms with Crippen molar-refractivity contribution in [2.45, 2.75) is 12.5 Å². The van der Waals surface area contributed by atoms with Crippen LogP contribution in [0.2, 0.25) is 5.02 Å². The summed E-state index contributed by atoms with van der Waals surface area (Å²) in [6.07, 6.45) is 4.04. The molecule has 1 amide bonds. The summed E-state index contributed by atoms with van der Waals surface area (Å²) >= 11 is 6.34. The first-order valence-electron chi connectivity index (χ1n) is 9.88. The molecule has 0 spiro atoms. The Morgan fingerprint density at radius 2 is 1.57 bits per heavy atom. The van der Waals surface area contributed by atoms with Gasteiger partial charge in [0, 0.05) is 12.5 Å². The lowest BCUT2D eigenvalue weighted by Crippen LogP contribution is -2.27. The second-order valence-electron chi connectivity index (χ2n) is 6.98. The molecule has 0 unspecified atom stereocenters. The van der Waals surface area contributed by atoms with Crippen LogP contribution in [0.25, 0.3) is 6.08 Å². The third kappa shape index (κ3) is 4.84. The lowest BCUT2D eigenvalue weighted by atomic mass is 9.98. The van der Waals surface area contributed by atoms with Crippen molar-refractivity contribution in [3.8, 4) is 11.5 Å². The van der Waals surface area contributed by atoms with E-state index >= 15 is 0 Å². The lowest BCUT2D eigenvalue weighted by Gasteiger charge is -2.19. The van der Waals surface area contributed by atoms with E-state index in [-0.39, 0.29) is 11.9 Å². The van der Waals surface area contributed by atoms with Gasteiger partial charge in [0.15, 0.2) is 11.5 Å². The normalized spacial score (nSPS) is 13.3. The number of rotatable bonds is 5. The fourth-order valence-electron chi connectivity index (χ4n) is 3.36. The van der Waals surface area contributed by atoms with Crippen LogP contribution in [0.5, 0.6) is 11.5 Å². The van der Waals surface area contributed by atoms with Gasteiger partial charge < -0.3 is 14.8 Å². The van der Waals surface area contributed by atoms with Crippen LogP contribution in [0.1, 0.15) is 29.2 Å². The number of benzene rings is 3. The van der Waals surface area contributed by atoms with Crippen molar-refractivity contribution in [2.75, 3.05) is 13.2 Å². The van der Waals surface area contributed by atoms with Gasteiger partial charge in [-0.3, -0.25) is 4.79 Å². The van der Waals surface area contributed by atoms with Crippen molar-refractivity contribution < 1.29 is 14.3 Å². The van der Waals surface area contributed by atoms with E-state index in [0.29, 0.717) is 29.7 Å². The lowest BCUT2D eigenvalue weighted by molar-refractivity contribution is -0.116. The van der Waals surface area contributed by atoms with Gasteiger partial charge in [0.25, 0.3) is 0 Å². The van der Waals surface area contributed by atoms with Gasteiger partial charge in [0.05, 0.1) is 24.3 Å². The second kappa shape index (κ2) is 9.51. The third-order valence-electron chi connectivity index (χ3n) is 4.80. The minimum absolute atomic E-state index is 0.198. The van der Waals surface area contributed by atoms with E-state index in [1.807, 2.05) is 66.7 Å². The van der Waals surface area contributed by atoms with Crippen LogP contribution in [0.4, 0.5) is 0 Å². The summed E-state index contributed by atoms with van der Waals surface area (Å²) in [6, 6.07) is 23.2. The van der Waals surface area contributed by atoms with Crippen LogP contribution in [0.3, 0.4) is 0 Å². The van der Waals surface area contributed by atoms with Crippen LogP contribution in [0, 0.1) is 0 Å². The fraction of sp³-hybridized carbons (Fsp3) is 0.160. The number of halogens is 1. The molecule has 0 aromatic heterocycles. The smallest absolute Gasteiger partial charge is 0.244 e. The van der Waals surface area contributed by atoms with Gasteiger partial charge in [-0.2, -0.15) is 0 Å². The highest BCUT2D eigenvalue weighted by Gasteiger charge is 2.17. The molecule has 3 aromatic rings. The van der Waals surface area contributed by atoms with Gasteiger partial charge in [0.2, 0.25) is 5.91 Å². The topological polar surface area (TPSA) is 47.6 Å². The van der Waals surface area contributed by atoms with Crippen LogP contribution in [0.15, 0.2) is 78.9 Å². The number of ether oxygens (including phenoxy) is 2. The summed E-state index contributed by atoms with van der Waals surface area (Å²) in [6.45, 7) is 1.15. The van der Waals surface area contributed by atoms with Gasteiger partial charge in [0.1, 0.15) is 0 Å². The molecular weight excluding hydrogens is 398 g/mol. The van der Waals surface area contributed by atoms with Gasteiger partial charge in [-0.05, 0) is 34.9 Å². The molecule has 0 atom stereocenters. The van der Waals surface area contributed by atoms with E-state index in [1.165, 1.54) is 6.08 Å². The number of hydrogen-bond donors (Lipinski definition) is 1. The summed E-state index contributed by atoms with van der Waals surface area (Å²) < 4.78 is 11.4. The molecule has 0 saturated carbocycles. The number of hydrogen-bond acceptors (Lipinski definition) is 3. The quantitative estimate of drug-likeness (QED) is 0.561. The van der Waals surface area contributed by atoms with Gasteiger partial charge in [-0.1, -0.05) is 72.3 Å². The molecule has 1 heterocycles. The van der Waals surface area contributed by atoms with Crippen LogP contribution < -0.4 is 14.8 Å². The van der Waals surface area contributed by atoms with Crippen molar-refractivity contribution in [2.24, 2.45) is 0 Å². The molecule has 4 nitrogen and oxygen atoms in total. The molecule has 0 fully saturated rings. The first-order chi connectivity index (χ1) is 14.7. The maximum absolute atomic E-state index is 12.7. The zero-order chi connectivity index (χ0) is 20.8. The van der Waals surface area contributed by atoms with E-state index in [9.17, 15) is 4.79 Å². The summed E-state index contributed by atoms with van der Waals surface area (Å²) in [7, 11) is 0. The standard InChI is InChI=1S/C25H22ClNO3/c26-21-16-18(17-22-25(21)30-15-7-14-29-22)12-13-23(28)27-24(19-8-3-1-4-9-19)20-10-5-2-6-11-20/h1-6,8-13,16-17,24H,7,14-15H2,(H,27,28)/b13-12+. The molecule has 0 saturated heterocycles. The molecule has 0 radical (unpaired) electrons. The highest BCUT2D eigenvalue weighted by molar-refractivity contribution is 6.32. The maximum Gasteiger partial charge on any atom is 0.244 e. The first kappa shape index (κ1) is 20.0. The molecule has 1 aliphatic rings. The Balaban J connectivity index is 1.53. The second-order valence-corrected chi connectivity index (χ2v) is 7.38. The molecular formula is C25H22ClNO3. The third-order valence-corrected chi connectivity index (χ3v) is 5.08. The predicted octanol–water partition coefficient (Wildman–Crippen LogP) is 5.42. The highest BCUT2D eigenvalue weighted by atomic mass is 35.5. The Kier molecular flexibility index (Phi) is 6.35. The first-order valence-corrected chi connectivity index (χ1v) is 10.3. The summed E-state index contributed by atoms with van der Waals surface area (Å²) in [4.78, 5) is 12.7. The number of amides is 1. The van der Waals surface area contributed by atoms with E-state index < -0.39 is 0 Å². The molecule has 1 N–H and O–H groups in total. The molecule has 5 heteroatoms. The Morgan fingerprint density at radius 3 is 2.23 bits per heavy atom. The zero-order valence-electron chi connectivity index (χ0n) is 16.4. The van der Waals surface area contributed by atoms with Crippen LogP contribution >= 0.6 is 11.6 Å². The predicted molar refractivity (Wildman–Crippen MR) is 119 cm³/mol. The van der Waals surface area contributed by atoms with Crippen molar-refractivity contribution in [3.63, 3.8) is 0 Å². The molecule has 1 aliphatic heterocycles. The van der Waals surface area contributed by atoms with Crippen molar-refractivity contribution in [3.05, 3.63) is 101 Å². The molecule has 152 valence electrons. The van der Waals surface area contributed by atoms with Crippen LogP contribution in [-0.4, -0.2) is 19.1 Å². The summed E-state index contributed by atoms with van der Waals surface area (Å²) in [5, 5.41) is 3.57. The van der Waals surface area contributed by atoms with E-state index in [1.54, 1.807) is 12.1 Å². The monoisotopic (exact) mass is 419 g/mol. The Labute approximate surface area is 181 Å². The Morgan fingerprint density at radius 1 is 0.933 bits per heavy atom. The largest absolute Gasteiger partial charge is 0.489 e. The van der Waals surface area contributed by atoms with E-state index in [4.69, 9.17) is 21.1 Å². The van der Waals surface area contributed by atoms with Crippen molar-refractivity contribution in [1.82, 2.24) is 5.32 Å². The maximum atomic E-state index is 12.7. The molecule has 4 rings (SSSR count). The van der Waals surface area contributed by atoms with Crippen LogP contribution in [-0.2, 0) is 4.79 Å². The van der Waals surface area contributed by atoms with E-state index in [2.05, 4.69) is 5.32 Å². The number of fused-ring (bicyclic) bond motifs is 1. The number of carbonyl (C=O) groups is 1. The molecule has 3 aromatic carbocycles. The van der Waals surface area contributed by atoms with Gasteiger partial charge in [-0.15, -0.1) is 0 Å². The average Bonchev–Trinajstić information content (AvgIpc) is 3.03. The molecule has 30 heavy (non-hydrogen) atoms. The Bertz CT molecular complexity index is 996. The Hall–Kier alpha value is -3.24. The minimum Gasteiger partial charge on any atom is -0.489 e. The highest BCUT2D eigenvalue weighted by Crippen LogP contribution is 2.38. The van der Waals surface area contributed by atoms with Gasteiger partial charge >= 0.3 is 0 Å². The molecule has 0 bridgehead atoms. The van der Waals surface area contributed by atoms with Gasteiger partial charge in [-0.25, -0.2) is 0 Å². The number of nitrogens with one attached hydrogen (secondary N) is 1. The fourth-order valence-corrected chi connectivity index (χ4v) is 3.63. The van der Waals surface area contributed by atoms with Crippen molar-refractivity contribution >= 4 is 23.6 Å². The average molecular weight is 420 g/mol. The summed E-state index contributed by atoms with van der Waals surface area (Å²) in [5.41, 5.74) is 2.81. The summed E-state index contributed by atoms with van der Waals surface area (Å²) in [5.74, 6) is 0.964. The molecule has 0 aliphatic carbocycles. The minimum atomic E-state index is -0.239. The SMILES string of the molecule is O=C(/C=C/c1cc(Cl)c2c(c1)OCCCO2)NC(c1ccccc1)c1ccccc1.